The lowest BCUT2D eigenvalue weighted by Gasteiger charge is -2.04. The molecule has 1 aliphatic carbocycles. The molecule has 5 rings (SSSR count). The van der Waals surface area contributed by atoms with Crippen molar-refractivity contribution < 1.29 is 14.0 Å². The van der Waals surface area contributed by atoms with Crippen LogP contribution in [0.25, 0.3) is 11.6 Å². The Hall–Kier alpha value is -3.79. The van der Waals surface area contributed by atoms with E-state index >= 15 is 0 Å². The van der Waals surface area contributed by atoms with Gasteiger partial charge in [0.2, 0.25) is 5.78 Å². The number of fused-ring (bicyclic) bond motifs is 2. The van der Waals surface area contributed by atoms with Crippen molar-refractivity contribution >= 4 is 23.2 Å². The van der Waals surface area contributed by atoms with Gasteiger partial charge in [-0.1, -0.05) is 30.3 Å². The fraction of sp³-hybridized carbons (Fsp3) is 0.0769. The first-order valence-electron chi connectivity index (χ1n) is 9.77. The first-order chi connectivity index (χ1) is 14.5. The van der Waals surface area contributed by atoms with Crippen molar-refractivity contribution in [1.82, 2.24) is 4.40 Å². The minimum atomic E-state index is -0.381. The molecule has 0 aliphatic heterocycles. The molecule has 2 aromatic carbocycles. The molecule has 0 N–H and O–H groups in total. The van der Waals surface area contributed by atoms with Crippen molar-refractivity contribution in [3.63, 3.8) is 0 Å². The van der Waals surface area contributed by atoms with Crippen LogP contribution in [0.1, 0.15) is 43.1 Å². The van der Waals surface area contributed by atoms with Gasteiger partial charge in [-0.05, 0) is 60.5 Å². The molecule has 0 bridgehead atoms. The zero-order valence-electron chi connectivity index (χ0n) is 16.4. The molecular formula is C26H18FNO2. The second-order valence-electron chi connectivity index (χ2n) is 7.51. The zero-order chi connectivity index (χ0) is 20.8. The summed E-state index contributed by atoms with van der Waals surface area (Å²) in [5.41, 5.74) is 5.94. The van der Waals surface area contributed by atoms with Crippen molar-refractivity contribution in [3.8, 4) is 0 Å². The van der Waals surface area contributed by atoms with Gasteiger partial charge in [-0.25, -0.2) is 4.39 Å². The third kappa shape index (κ3) is 2.80. The molecule has 0 amide bonds. The summed E-state index contributed by atoms with van der Waals surface area (Å²) in [7, 11) is 0. The number of nitrogens with zero attached hydrogens (tertiary/aromatic N) is 1. The minimum absolute atomic E-state index is 0.0340. The Bertz CT molecular complexity index is 1360. The van der Waals surface area contributed by atoms with Gasteiger partial charge in [0.1, 0.15) is 5.82 Å². The maximum Gasteiger partial charge on any atom is 0.210 e. The Balaban J connectivity index is 1.66. The predicted molar refractivity (Wildman–Crippen MR) is 114 cm³/mol. The van der Waals surface area contributed by atoms with E-state index in [0.29, 0.717) is 17.7 Å². The largest absolute Gasteiger partial charge is 0.313 e. The highest BCUT2D eigenvalue weighted by atomic mass is 19.1. The molecule has 0 spiro atoms. The first kappa shape index (κ1) is 18.3. The monoisotopic (exact) mass is 395 g/mol. The molecular weight excluding hydrogens is 377 g/mol. The standard InChI is InChI=1S/C26H18FNO2/c1-16-22(15-19-14-18-6-2-3-7-21(18)25(19)29)23-8-4-5-13-28(23)24(16)26(30)17-9-11-20(27)12-10-17/h2-13,15H,14H2,1H3/b19-15-. The van der Waals surface area contributed by atoms with E-state index in [1.165, 1.54) is 24.3 Å². The number of pyridine rings is 1. The quantitative estimate of drug-likeness (QED) is 0.342. The lowest BCUT2D eigenvalue weighted by atomic mass is 10.0. The summed E-state index contributed by atoms with van der Waals surface area (Å²) >= 11 is 0. The summed E-state index contributed by atoms with van der Waals surface area (Å²) in [5, 5.41) is 0. The normalized spacial score (nSPS) is 14.5. The number of benzene rings is 2. The number of hydrogen-bond donors (Lipinski definition) is 0. The molecule has 0 unspecified atom stereocenters. The fourth-order valence-corrected chi connectivity index (χ4v) is 4.20. The molecule has 1 aliphatic rings. The zero-order valence-corrected chi connectivity index (χ0v) is 16.4. The van der Waals surface area contributed by atoms with Crippen LogP contribution in [0.2, 0.25) is 0 Å². The van der Waals surface area contributed by atoms with E-state index in [1.54, 1.807) is 0 Å². The highest BCUT2D eigenvalue weighted by Gasteiger charge is 2.26. The van der Waals surface area contributed by atoms with Gasteiger partial charge in [-0.2, -0.15) is 0 Å². The van der Waals surface area contributed by atoms with Crippen LogP contribution in [-0.4, -0.2) is 16.0 Å². The molecule has 0 atom stereocenters. The maximum atomic E-state index is 13.3. The van der Waals surface area contributed by atoms with Crippen LogP contribution in [0.5, 0.6) is 0 Å². The summed E-state index contributed by atoms with van der Waals surface area (Å²) in [6, 6.07) is 18.9. The molecule has 0 fully saturated rings. The van der Waals surface area contributed by atoms with Crippen LogP contribution in [0.3, 0.4) is 0 Å². The van der Waals surface area contributed by atoms with Crippen LogP contribution < -0.4 is 0 Å². The number of allylic oxidation sites excluding steroid dienone is 1. The summed E-state index contributed by atoms with van der Waals surface area (Å²) in [6.07, 6.45) is 4.33. The highest BCUT2D eigenvalue weighted by molar-refractivity contribution is 6.16. The number of Topliss-reactive ketones (excluding diaryl/α,β-unsaturated/α-hetero) is 1. The summed E-state index contributed by atoms with van der Waals surface area (Å²) in [6.45, 7) is 1.89. The van der Waals surface area contributed by atoms with Crippen molar-refractivity contribution in [3.05, 3.63) is 118 Å². The van der Waals surface area contributed by atoms with Crippen molar-refractivity contribution in [2.45, 2.75) is 13.3 Å². The minimum Gasteiger partial charge on any atom is -0.313 e. The van der Waals surface area contributed by atoms with Gasteiger partial charge >= 0.3 is 0 Å². The second-order valence-corrected chi connectivity index (χ2v) is 7.51. The Kier molecular flexibility index (Phi) is 4.21. The highest BCUT2D eigenvalue weighted by Crippen LogP contribution is 2.32. The lowest BCUT2D eigenvalue weighted by Crippen LogP contribution is -2.06. The van der Waals surface area contributed by atoms with E-state index in [1.807, 2.05) is 66.1 Å². The van der Waals surface area contributed by atoms with Gasteiger partial charge in [-0.15, -0.1) is 0 Å². The number of rotatable bonds is 3. The van der Waals surface area contributed by atoms with Gasteiger partial charge in [0.15, 0.2) is 5.78 Å². The van der Waals surface area contributed by atoms with Gasteiger partial charge in [-0.3, -0.25) is 9.59 Å². The molecule has 0 saturated heterocycles. The molecule has 4 heteroatoms. The van der Waals surface area contributed by atoms with Crippen LogP contribution >= 0.6 is 0 Å². The SMILES string of the molecule is Cc1c(/C=C2/Cc3ccccc3C2=O)c2ccccn2c1C(=O)c1ccc(F)cc1. The van der Waals surface area contributed by atoms with Crippen LogP contribution in [-0.2, 0) is 6.42 Å². The van der Waals surface area contributed by atoms with Crippen molar-refractivity contribution in [2.75, 3.05) is 0 Å². The molecule has 4 aromatic rings. The second kappa shape index (κ2) is 6.92. The molecule has 2 heterocycles. The average Bonchev–Trinajstić information content (AvgIpc) is 3.23. The average molecular weight is 395 g/mol. The summed E-state index contributed by atoms with van der Waals surface area (Å²) in [5.74, 6) is -0.529. The summed E-state index contributed by atoms with van der Waals surface area (Å²) in [4.78, 5) is 26.1. The Morgan fingerprint density at radius 1 is 1.00 bits per heavy atom. The van der Waals surface area contributed by atoms with E-state index < -0.39 is 0 Å². The molecule has 2 aromatic heterocycles. The number of aromatic nitrogens is 1. The topological polar surface area (TPSA) is 38.5 Å². The lowest BCUT2D eigenvalue weighted by molar-refractivity contribution is 0.102. The van der Waals surface area contributed by atoms with E-state index in [2.05, 4.69) is 0 Å². The smallest absolute Gasteiger partial charge is 0.210 e. The van der Waals surface area contributed by atoms with E-state index in [-0.39, 0.29) is 17.4 Å². The Morgan fingerprint density at radius 2 is 1.73 bits per heavy atom. The van der Waals surface area contributed by atoms with E-state index in [4.69, 9.17) is 0 Å². The van der Waals surface area contributed by atoms with Crippen LogP contribution in [0.15, 0.2) is 78.5 Å². The third-order valence-corrected chi connectivity index (χ3v) is 5.71. The van der Waals surface area contributed by atoms with Gasteiger partial charge in [0, 0.05) is 34.9 Å². The summed E-state index contributed by atoms with van der Waals surface area (Å²) < 4.78 is 15.2. The van der Waals surface area contributed by atoms with Crippen LogP contribution in [0.4, 0.5) is 4.39 Å². The number of carbonyl (C=O) groups is 2. The first-order valence-corrected chi connectivity index (χ1v) is 9.77. The molecule has 0 saturated carbocycles. The molecule has 30 heavy (non-hydrogen) atoms. The number of halogens is 1. The van der Waals surface area contributed by atoms with Gasteiger partial charge in [0.05, 0.1) is 11.2 Å². The third-order valence-electron chi connectivity index (χ3n) is 5.71. The van der Waals surface area contributed by atoms with E-state index in [0.717, 1.165) is 33.3 Å². The fourth-order valence-electron chi connectivity index (χ4n) is 4.20. The Labute approximate surface area is 173 Å². The van der Waals surface area contributed by atoms with Gasteiger partial charge in [0.25, 0.3) is 0 Å². The van der Waals surface area contributed by atoms with E-state index in [9.17, 15) is 14.0 Å². The number of carbonyl (C=O) groups excluding carboxylic acids is 2. The van der Waals surface area contributed by atoms with Crippen molar-refractivity contribution in [2.24, 2.45) is 0 Å². The van der Waals surface area contributed by atoms with Crippen molar-refractivity contribution in [1.29, 1.82) is 0 Å². The molecule has 3 nitrogen and oxygen atoms in total. The number of hydrogen-bond acceptors (Lipinski definition) is 2. The maximum absolute atomic E-state index is 13.3. The molecule has 146 valence electrons. The predicted octanol–water partition coefficient (Wildman–Crippen LogP) is 5.44. The Morgan fingerprint density at radius 3 is 2.50 bits per heavy atom. The van der Waals surface area contributed by atoms with Gasteiger partial charge < -0.3 is 4.40 Å². The number of ketones is 2. The van der Waals surface area contributed by atoms with Crippen LogP contribution in [0, 0.1) is 12.7 Å². The molecule has 0 radical (unpaired) electrons.